The predicted molar refractivity (Wildman–Crippen MR) is 130 cm³/mol. The Morgan fingerprint density at radius 3 is 2.26 bits per heavy atom. The lowest BCUT2D eigenvalue weighted by Gasteiger charge is -2.40. The molecule has 0 aromatic heterocycles. The van der Waals surface area contributed by atoms with E-state index in [1.54, 1.807) is 0 Å². The van der Waals surface area contributed by atoms with Gasteiger partial charge in [0.05, 0.1) is 13.2 Å². The summed E-state index contributed by atoms with van der Waals surface area (Å²) in [6.45, 7) is 9.64. The van der Waals surface area contributed by atoms with Gasteiger partial charge in [-0.2, -0.15) is 8.42 Å². The van der Waals surface area contributed by atoms with Gasteiger partial charge in [-0.15, -0.1) is 4.40 Å². The molecule has 0 N–H and O–H groups in total. The summed E-state index contributed by atoms with van der Waals surface area (Å²) in [5.41, 5.74) is 3.54. The molecule has 1 spiro atoms. The lowest BCUT2D eigenvalue weighted by Crippen LogP contribution is -2.50. The van der Waals surface area contributed by atoms with Gasteiger partial charge in [-0.05, 0) is 50.3 Å². The van der Waals surface area contributed by atoms with Crippen molar-refractivity contribution < 1.29 is 22.7 Å². The average Bonchev–Trinajstić information content (AvgIpc) is 3.37. The first-order chi connectivity index (χ1) is 16.2. The Balaban J connectivity index is 1.24. The highest BCUT2D eigenvalue weighted by molar-refractivity contribution is 8.00. The van der Waals surface area contributed by atoms with Crippen LogP contribution in [0.15, 0.2) is 28.2 Å². The smallest absolute Gasteiger partial charge is 0.285 e. The Hall–Kier alpha value is -2.23. The molecule has 0 unspecified atom stereocenters. The number of amidine groups is 1. The first-order valence-electron chi connectivity index (χ1n) is 12.1. The van der Waals surface area contributed by atoms with Crippen LogP contribution in [0.3, 0.4) is 0 Å². The summed E-state index contributed by atoms with van der Waals surface area (Å²) in [6, 6.07) is 5.72. The minimum Gasteiger partial charge on any atom is -0.356 e. The molecule has 1 aromatic carbocycles. The Morgan fingerprint density at radius 2 is 1.65 bits per heavy atom. The van der Waals surface area contributed by atoms with Crippen molar-refractivity contribution in [2.45, 2.75) is 52.2 Å². The lowest BCUT2D eigenvalue weighted by molar-refractivity contribution is -0.188. The van der Waals surface area contributed by atoms with Gasteiger partial charge in [0.2, 0.25) is 5.91 Å². The van der Waals surface area contributed by atoms with Gasteiger partial charge in [0.25, 0.3) is 10.0 Å². The van der Waals surface area contributed by atoms with E-state index in [1.165, 1.54) is 0 Å². The van der Waals surface area contributed by atoms with Gasteiger partial charge in [-0.25, -0.2) is 0 Å². The second-order valence-electron chi connectivity index (χ2n) is 9.84. The van der Waals surface area contributed by atoms with Crippen molar-refractivity contribution in [2.75, 3.05) is 39.4 Å². The molecule has 0 radical (unpaired) electrons. The van der Waals surface area contributed by atoms with Crippen molar-refractivity contribution >= 4 is 26.7 Å². The van der Waals surface area contributed by atoms with Crippen molar-refractivity contribution in [1.82, 2.24) is 9.80 Å². The quantitative estimate of drug-likeness (QED) is 0.638. The number of hydrogen-bond acceptors (Lipinski definition) is 6. The highest BCUT2D eigenvalue weighted by Gasteiger charge is 2.42. The van der Waals surface area contributed by atoms with E-state index in [4.69, 9.17) is 9.47 Å². The third-order valence-electron chi connectivity index (χ3n) is 7.70. The highest BCUT2D eigenvalue weighted by atomic mass is 32.2. The molecule has 0 atom stereocenters. The van der Waals surface area contributed by atoms with Crippen LogP contribution in [-0.2, 0) is 24.3 Å². The molecule has 4 aliphatic rings. The number of amides is 1. The summed E-state index contributed by atoms with van der Waals surface area (Å²) in [7, 11) is -3.75. The van der Waals surface area contributed by atoms with Crippen LogP contribution in [0, 0.1) is 19.8 Å². The molecule has 5 rings (SSSR count). The average molecular weight is 488 g/mol. The topological polar surface area (TPSA) is 88.5 Å². The molecule has 1 aromatic rings. The van der Waals surface area contributed by atoms with Crippen LogP contribution in [-0.4, -0.2) is 75.1 Å². The molecule has 9 heteroatoms. The Morgan fingerprint density at radius 1 is 1.00 bits per heavy atom. The fraction of sp³-hybridized carbons (Fsp3) is 0.600. The molecular weight excluding hydrogens is 454 g/mol. The molecule has 8 nitrogen and oxygen atoms in total. The zero-order valence-electron chi connectivity index (χ0n) is 20.2. The van der Waals surface area contributed by atoms with Gasteiger partial charge >= 0.3 is 0 Å². The molecule has 34 heavy (non-hydrogen) atoms. The van der Waals surface area contributed by atoms with E-state index < -0.39 is 15.8 Å². The molecule has 3 saturated heterocycles. The van der Waals surface area contributed by atoms with E-state index in [2.05, 4.69) is 4.40 Å². The molecule has 0 saturated carbocycles. The van der Waals surface area contributed by atoms with Crippen molar-refractivity contribution in [3.05, 3.63) is 40.5 Å². The SMILES string of the molecule is CC1=C(c2ccc(C)c(C)c2)S(=O)(=O)N=C1N1CCC(C(=O)N2CCC3(CC2)OCCO3)CC1. The number of nitrogens with zero attached hydrogens (tertiary/aromatic N) is 3. The number of rotatable bonds is 2. The van der Waals surface area contributed by atoms with Crippen molar-refractivity contribution in [3.63, 3.8) is 0 Å². The summed E-state index contributed by atoms with van der Waals surface area (Å²) in [4.78, 5) is 17.4. The maximum atomic E-state index is 13.1. The van der Waals surface area contributed by atoms with Gasteiger partial charge in [0, 0.05) is 50.5 Å². The van der Waals surface area contributed by atoms with E-state index >= 15 is 0 Å². The number of carbonyl (C=O) groups is 1. The predicted octanol–water partition coefficient (Wildman–Crippen LogP) is 2.85. The summed E-state index contributed by atoms with van der Waals surface area (Å²) in [5.74, 6) is 0.188. The van der Waals surface area contributed by atoms with Gasteiger partial charge in [0.1, 0.15) is 10.7 Å². The largest absolute Gasteiger partial charge is 0.356 e. The third kappa shape index (κ3) is 4.18. The first-order valence-corrected chi connectivity index (χ1v) is 13.6. The van der Waals surface area contributed by atoms with Crippen LogP contribution in [0.1, 0.15) is 49.3 Å². The zero-order chi connectivity index (χ0) is 24.1. The number of aryl methyl sites for hydroxylation is 2. The molecule has 0 aliphatic carbocycles. The summed E-state index contributed by atoms with van der Waals surface area (Å²) in [5, 5.41) is 0. The standard InChI is InChI=1S/C25H33N3O5S/c1-17-4-5-21(16-18(17)2)22-19(3)23(26-34(22,30)31)27-10-6-20(7-11-27)24(29)28-12-8-25(9-13-28)32-14-15-33-25/h4-5,16,20H,6-15H2,1-3H3. The molecule has 3 fully saturated rings. The van der Waals surface area contributed by atoms with Gasteiger partial charge in [0.15, 0.2) is 5.79 Å². The molecular formula is C25H33N3O5S. The van der Waals surface area contributed by atoms with Crippen LogP contribution in [0.5, 0.6) is 0 Å². The molecule has 4 heterocycles. The number of benzene rings is 1. The fourth-order valence-electron chi connectivity index (χ4n) is 5.52. The number of piperidine rings is 2. The second-order valence-corrected chi connectivity index (χ2v) is 11.4. The molecule has 1 amide bonds. The molecule has 4 aliphatic heterocycles. The summed E-state index contributed by atoms with van der Waals surface area (Å²) >= 11 is 0. The van der Waals surface area contributed by atoms with Crippen LogP contribution in [0.2, 0.25) is 0 Å². The second kappa shape index (κ2) is 8.77. The van der Waals surface area contributed by atoms with E-state index in [-0.39, 0.29) is 11.8 Å². The zero-order valence-corrected chi connectivity index (χ0v) is 21.0. The third-order valence-corrected chi connectivity index (χ3v) is 9.17. The minimum atomic E-state index is -3.75. The Bertz CT molecular complexity index is 1150. The van der Waals surface area contributed by atoms with E-state index in [0.717, 1.165) is 24.0 Å². The summed E-state index contributed by atoms with van der Waals surface area (Å²) < 4.78 is 41.6. The Labute approximate surface area is 201 Å². The first kappa shape index (κ1) is 23.5. The van der Waals surface area contributed by atoms with E-state index in [0.29, 0.717) is 74.1 Å². The van der Waals surface area contributed by atoms with Crippen molar-refractivity contribution in [1.29, 1.82) is 0 Å². The number of hydrogen-bond donors (Lipinski definition) is 0. The monoisotopic (exact) mass is 487 g/mol. The number of carbonyl (C=O) groups excluding carboxylic acids is 1. The van der Waals surface area contributed by atoms with Gasteiger partial charge in [-0.1, -0.05) is 18.2 Å². The normalized spacial score (nSPS) is 24.7. The number of likely N-dealkylation sites (tertiary alicyclic amines) is 2. The van der Waals surface area contributed by atoms with Gasteiger partial charge in [-0.3, -0.25) is 4.79 Å². The summed E-state index contributed by atoms with van der Waals surface area (Å²) in [6.07, 6.45) is 2.83. The van der Waals surface area contributed by atoms with Crippen molar-refractivity contribution in [2.24, 2.45) is 10.3 Å². The van der Waals surface area contributed by atoms with Gasteiger partial charge < -0.3 is 19.3 Å². The lowest BCUT2D eigenvalue weighted by atomic mass is 9.93. The fourth-order valence-corrected chi connectivity index (χ4v) is 6.99. The maximum absolute atomic E-state index is 13.1. The molecule has 184 valence electrons. The van der Waals surface area contributed by atoms with Crippen LogP contribution in [0.25, 0.3) is 4.91 Å². The van der Waals surface area contributed by atoms with Crippen LogP contribution < -0.4 is 0 Å². The maximum Gasteiger partial charge on any atom is 0.285 e. The molecule has 0 bridgehead atoms. The Kier molecular flexibility index (Phi) is 6.06. The minimum absolute atomic E-state index is 0.0437. The van der Waals surface area contributed by atoms with Crippen molar-refractivity contribution in [3.8, 4) is 0 Å². The van der Waals surface area contributed by atoms with E-state index in [9.17, 15) is 13.2 Å². The number of sulfonamides is 1. The van der Waals surface area contributed by atoms with E-state index in [1.807, 2.05) is 48.8 Å². The highest BCUT2D eigenvalue weighted by Crippen LogP contribution is 2.36. The van der Waals surface area contributed by atoms with Crippen LogP contribution >= 0.6 is 0 Å². The van der Waals surface area contributed by atoms with Crippen LogP contribution in [0.4, 0.5) is 0 Å². The number of ether oxygens (including phenoxy) is 2.